The molecular formula is C11H17N3O2. The number of hydrogen-bond donors (Lipinski definition) is 2. The molecule has 0 saturated carbocycles. The van der Waals surface area contributed by atoms with Crippen LogP contribution in [0.15, 0.2) is 10.6 Å². The highest BCUT2D eigenvalue weighted by Gasteiger charge is 2.20. The van der Waals surface area contributed by atoms with Gasteiger partial charge in [-0.2, -0.15) is 0 Å². The Hall–Kier alpha value is -1.36. The van der Waals surface area contributed by atoms with Crippen LogP contribution in [-0.2, 0) is 11.3 Å². The van der Waals surface area contributed by atoms with Crippen LogP contribution in [0.3, 0.4) is 0 Å². The van der Waals surface area contributed by atoms with E-state index in [0.717, 1.165) is 31.6 Å². The summed E-state index contributed by atoms with van der Waals surface area (Å²) in [6.45, 7) is 4.09. The topological polar surface area (TPSA) is 67.2 Å². The molecule has 0 bridgehead atoms. The molecule has 1 fully saturated rings. The van der Waals surface area contributed by atoms with Gasteiger partial charge in [0, 0.05) is 12.6 Å². The van der Waals surface area contributed by atoms with Crippen LogP contribution in [0.4, 0.5) is 0 Å². The molecule has 5 heteroatoms. The summed E-state index contributed by atoms with van der Waals surface area (Å²) in [4.78, 5) is 11.8. The molecule has 1 aliphatic heterocycles. The second-order valence-electron chi connectivity index (χ2n) is 4.20. The number of nitrogens with zero attached hydrogens (tertiary/aromatic N) is 1. The van der Waals surface area contributed by atoms with Crippen LogP contribution in [-0.4, -0.2) is 24.2 Å². The van der Waals surface area contributed by atoms with Crippen LogP contribution in [0.2, 0.25) is 0 Å². The van der Waals surface area contributed by atoms with Gasteiger partial charge in [-0.25, -0.2) is 0 Å². The zero-order valence-electron chi connectivity index (χ0n) is 9.45. The molecule has 5 nitrogen and oxygen atoms in total. The number of rotatable bonds is 3. The normalized spacial score (nSPS) is 20.7. The Labute approximate surface area is 94.6 Å². The molecular weight excluding hydrogens is 206 g/mol. The van der Waals surface area contributed by atoms with E-state index >= 15 is 0 Å². The van der Waals surface area contributed by atoms with E-state index in [2.05, 4.69) is 15.8 Å². The molecule has 1 aromatic rings. The number of nitrogens with one attached hydrogen (secondary N) is 2. The van der Waals surface area contributed by atoms with Crippen LogP contribution in [0.1, 0.15) is 24.3 Å². The third-order valence-electron chi connectivity index (χ3n) is 2.78. The zero-order chi connectivity index (χ0) is 11.4. The van der Waals surface area contributed by atoms with Crippen molar-refractivity contribution in [3.05, 3.63) is 17.5 Å². The van der Waals surface area contributed by atoms with Gasteiger partial charge in [0.15, 0.2) is 5.76 Å². The van der Waals surface area contributed by atoms with Gasteiger partial charge in [-0.15, -0.1) is 0 Å². The number of aromatic nitrogens is 1. The third kappa shape index (κ3) is 2.82. The Morgan fingerprint density at radius 1 is 1.75 bits per heavy atom. The second kappa shape index (κ2) is 5.12. The maximum Gasteiger partial charge on any atom is 0.224 e. The third-order valence-corrected chi connectivity index (χ3v) is 2.78. The number of hydrogen-bond acceptors (Lipinski definition) is 4. The summed E-state index contributed by atoms with van der Waals surface area (Å²) in [5.41, 5.74) is 0.837. The van der Waals surface area contributed by atoms with Crippen LogP contribution < -0.4 is 10.6 Å². The van der Waals surface area contributed by atoms with Gasteiger partial charge >= 0.3 is 0 Å². The van der Waals surface area contributed by atoms with Gasteiger partial charge in [0.05, 0.1) is 18.2 Å². The molecule has 2 N–H and O–H groups in total. The number of piperidine rings is 1. The Morgan fingerprint density at radius 2 is 2.62 bits per heavy atom. The van der Waals surface area contributed by atoms with E-state index in [1.165, 1.54) is 0 Å². The lowest BCUT2D eigenvalue weighted by Crippen LogP contribution is -2.40. The molecule has 88 valence electrons. The highest BCUT2D eigenvalue weighted by molar-refractivity contribution is 5.78. The molecule has 0 radical (unpaired) electrons. The molecule has 2 rings (SSSR count). The molecule has 0 aromatic carbocycles. The number of carbonyl (C=O) groups excluding carboxylic acids is 1. The van der Waals surface area contributed by atoms with Crippen LogP contribution in [0.25, 0.3) is 0 Å². The van der Waals surface area contributed by atoms with E-state index in [-0.39, 0.29) is 11.8 Å². The summed E-state index contributed by atoms with van der Waals surface area (Å²) < 4.78 is 5.02. The van der Waals surface area contributed by atoms with E-state index < -0.39 is 0 Å². The largest absolute Gasteiger partial charge is 0.359 e. The summed E-state index contributed by atoms with van der Waals surface area (Å²) in [5.74, 6) is 0.897. The van der Waals surface area contributed by atoms with Gasteiger partial charge in [0.1, 0.15) is 0 Å². The van der Waals surface area contributed by atoms with E-state index in [9.17, 15) is 4.79 Å². The monoisotopic (exact) mass is 223 g/mol. The quantitative estimate of drug-likeness (QED) is 0.787. The molecule has 0 aliphatic carbocycles. The Bertz CT molecular complexity index is 356. The lowest BCUT2D eigenvalue weighted by Gasteiger charge is -2.21. The SMILES string of the molecule is Cc1cc(CNC(=O)C2CCCNC2)on1. The van der Waals surface area contributed by atoms with Gasteiger partial charge in [0.2, 0.25) is 5.91 Å². The van der Waals surface area contributed by atoms with Crippen molar-refractivity contribution >= 4 is 5.91 Å². The Morgan fingerprint density at radius 3 is 3.25 bits per heavy atom. The fourth-order valence-electron chi connectivity index (χ4n) is 1.89. The molecule has 1 aromatic heterocycles. The fourth-order valence-corrected chi connectivity index (χ4v) is 1.89. The van der Waals surface area contributed by atoms with Crippen molar-refractivity contribution in [1.29, 1.82) is 0 Å². The predicted molar refractivity (Wildman–Crippen MR) is 58.7 cm³/mol. The maximum atomic E-state index is 11.8. The molecule has 2 heterocycles. The molecule has 16 heavy (non-hydrogen) atoms. The summed E-state index contributed by atoms with van der Waals surface area (Å²) in [7, 11) is 0. The van der Waals surface area contributed by atoms with Crippen molar-refractivity contribution in [3.63, 3.8) is 0 Å². The summed E-state index contributed by atoms with van der Waals surface area (Å²) in [6.07, 6.45) is 2.04. The molecule has 1 saturated heterocycles. The first-order valence-corrected chi connectivity index (χ1v) is 5.66. The molecule has 1 amide bonds. The van der Waals surface area contributed by atoms with Crippen molar-refractivity contribution in [3.8, 4) is 0 Å². The Balaban J connectivity index is 1.78. The average molecular weight is 223 g/mol. The van der Waals surface area contributed by atoms with Crippen molar-refractivity contribution < 1.29 is 9.32 Å². The van der Waals surface area contributed by atoms with E-state index in [4.69, 9.17) is 4.52 Å². The number of amides is 1. The highest BCUT2D eigenvalue weighted by atomic mass is 16.5. The minimum absolute atomic E-state index is 0.0952. The van der Waals surface area contributed by atoms with Gasteiger partial charge in [0.25, 0.3) is 0 Å². The number of carbonyl (C=O) groups is 1. The van der Waals surface area contributed by atoms with E-state index in [1.807, 2.05) is 13.0 Å². The first-order chi connectivity index (χ1) is 7.75. The Kier molecular flexibility index (Phi) is 3.56. The maximum absolute atomic E-state index is 11.8. The van der Waals surface area contributed by atoms with Crippen molar-refractivity contribution in [2.45, 2.75) is 26.3 Å². The first kappa shape index (κ1) is 11.1. The highest BCUT2D eigenvalue weighted by Crippen LogP contribution is 2.10. The van der Waals surface area contributed by atoms with Crippen LogP contribution in [0, 0.1) is 12.8 Å². The van der Waals surface area contributed by atoms with Gasteiger partial charge in [-0.1, -0.05) is 5.16 Å². The smallest absolute Gasteiger partial charge is 0.224 e. The standard InChI is InChI=1S/C11H17N3O2/c1-8-5-10(16-14-8)7-13-11(15)9-3-2-4-12-6-9/h5,9,12H,2-4,6-7H2,1H3,(H,13,15). The molecule has 1 unspecified atom stereocenters. The lowest BCUT2D eigenvalue weighted by molar-refractivity contribution is -0.125. The summed E-state index contributed by atoms with van der Waals surface area (Å²) >= 11 is 0. The zero-order valence-corrected chi connectivity index (χ0v) is 9.45. The van der Waals surface area contributed by atoms with Gasteiger partial charge in [-0.3, -0.25) is 4.79 Å². The lowest BCUT2D eigenvalue weighted by atomic mass is 9.99. The second-order valence-corrected chi connectivity index (χ2v) is 4.20. The van der Waals surface area contributed by atoms with Crippen molar-refractivity contribution in [1.82, 2.24) is 15.8 Å². The number of aryl methyl sites for hydroxylation is 1. The van der Waals surface area contributed by atoms with Gasteiger partial charge < -0.3 is 15.2 Å². The molecule has 1 atom stereocenters. The van der Waals surface area contributed by atoms with Crippen molar-refractivity contribution in [2.24, 2.45) is 5.92 Å². The summed E-state index contributed by atoms with van der Waals surface area (Å²) in [6, 6.07) is 1.83. The van der Waals surface area contributed by atoms with Gasteiger partial charge in [-0.05, 0) is 26.3 Å². The minimum atomic E-state index is 0.0952. The van der Waals surface area contributed by atoms with Crippen molar-refractivity contribution in [2.75, 3.05) is 13.1 Å². The molecule has 1 aliphatic rings. The van der Waals surface area contributed by atoms with E-state index in [1.54, 1.807) is 0 Å². The fraction of sp³-hybridized carbons (Fsp3) is 0.636. The van der Waals surface area contributed by atoms with Crippen LogP contribution >= 0.6 is 0 Å². The minimum Gasteiger partial charge on any atom is -0.359 e. The summed E-state index contributed by atoms with van der Waals surface area (Å²) in [5, 5.41) is 9.86. The first-order valence-electron chi connectivity index (χ1n) is 5.66. The molecule has 0 spiro atoms. The van der Waals surface area contributed by atoms with E-state index in [0.29, 0.717) is 12.3 Å². The average Bonchev–Trinajstić information content (AvgIpc) is 2.73. The predicted octanol–water partition coefficient (Wildman–Crippen LogP) is 0.599. The van der Waals surface area contributed by atoms with Crippen LogP contribution in [0.5, 0.6) is 0 Å².